The molecule has 0 aliphatic rings. The van der Waals surface area contributed by atoms with Gasteiger partial charge in [-0.25, -0.2) is 15.0 Å². The van der Waals surface area contributed by atoms with Crippen LogP contribution in [0, 0.1) is 20.8 Å². The Morgan fingerprint density at radius 1 is 1.15 bits per heavy atom. The van der Waals surface area contributed by atoms with Crippen LogP contribution >= 0.6 is 11.8 Å². The lowest BCUT2D eigenvalue weighted by Crippen LogP contribution is -2.14. The first-order valence-electron chi connectivity index (χ1n) is 8.07. The van der Waals surface area contributed by atoms with Crippen molar-refractivity contribution in [3.8, 4) is 5.95 Å². The van der Waals surface area contributed by atoms with E-state index in [9.17, 15) is 13.6 Å². The Morgan fingerprint density at radius 2 is 1.81 bits per heavy atom. The molecule has 0 atom stereocenters. The van der Waals surface area contributed by atoms with Gasteiger partial charge in [0.15, 0.2) is 0 Å². The average Bonchev–Trinajstić information content (AvgIpc) is 2.88. The van der Waals surface area contributed by atoms with Gasteiger partial charge in [0, 0.05) is 10.6 Å². The quantitative estimate of drug-likeness (QED) is 0.664. The first-order chi connectivity index (χ1) is 12.9. The van der Waals surface area contributed by atoms with Crippen molar-refractivity contribution >= 4 is 23.4 Å². The second kappa shape index (κ2) is 7.83. The second-order valence-electron chi connectivity index (χ2n) is 5.77. The molecule has 0 aliphatic heterocycles. The molecule has 9 heteroatoms. The Balaban J connectivity index is 1.80. The second-order valence-corrected chi connectivity index (χ2v) is 6.80. The fraction of sp³-hybridized carbons (Fsp3) is 0.222. The summed E-state index contributed by atoms with van der Waals surface area (Å²) in [4.78, 5) is 25.6. The highest BCUT2D eigenvalue weighted by molar-refractivity contribution is 7.99. The average molecular weight is 389 g/mol. The van der Waals surface area contributed by atoms with Crippen LogP contribution in [0.4, 0.5) is 14.5 Å². The van der Waals surface area contributed by atoms with E-state index < -0.39 is 11.7 Å². The number of nitrogens with one attached hydrogen (secondary N) is 1. The van der Waals surface area contributed by atoms with Crippen molar-refractivity contribution in [1.82, 2.24) is 19.5 Å². The summed E-state index contributed by atoms with van der Waals surface area (Å²) in [6.07, 6.45) is 2.94. The van der Waals surface area contributed by atoms with Gasteiger partial charge in [-0.05, 0) is 32.9 Å². The van der Waals surface area contributed by atoms with E-state index in [1.54, 1.807) is 12.1 Å². The van der Waals surface area contributed by atoms with E-state index in [-0.39, 0.29) is 10.5 Å². The van der Waals surface area contributed by atoms with E-state index >= 15 is 0 Å². The third kappa shape index (κ3) is 4.13. The van der Waals surface area contributed by atoms with Crippen molar-refractivity contribution < 1.29 is 13.6 Å². The van der Waals surface area contributed by atoms with Crippen molar-refractivity contribution in [1.29, 1.82) is 0 Å². The molecule has 1 amide bonds. The smallest absolute Gasteiger partial charge is 0.288 e. The number of imidazole rings is 1. The summed E-state index contributed by atoms with van der Waals surface area (Å²) in [5.74, 6) is -1.90. The highest BCUT2D eigenvalue weighted by Gasteiger charge is 2.16. The zero-order valence-electron chi connectivity index (χ0n) is 14.9. The molecule has 2 aromatic heterocycles. The van der Waals surface area contributed by atoms with E-state index in [2.05, 4.69) is 20.3 Å². The molecule has 0 fully saturated rings. The van der Waals surface area contributed by atoms with Gasteiger partial charge < -0.3 is 5.32 Å². The molecule has 140 valence electrons. The van der Waals surface area contributed by atoms with Crippen LogP contribution in [0.15, 0.2) is 41.6 Å². The van der Waals surface area contributed by atoms with E-state index in [1.165, 1.54) is 24.5 Å². The van der Waals surface area contributed by atoms with Crippen molar-refractivity contribution in [2.24, 2.45) is 0 Å². The molecule has 0 unspecified atom stereocenters. The Bertz CT molecular complexity index is 972. The fourth-order valence-corrected chi connectivity index (χ4v) is 3.26. The molecule has 0 saturated heterocycles. The Kier molecular flexibility index (Phi) is 5.50. The number of aromatic nitrogens is 4. The Labute approximate surface area is 159 Å². The molecule has 2 heterocycles. The number of amides is 1. The third-order valence-corrected chi connectivity index (χ3v) is 4.74. The number of nitrogens with zero attached hydrogens (tertiary/aromatic N) is 4. The van der Waals surface area contributed by atoms with Gasteiger partial charge in [-0.3, -0.25) is 9.36 Å². The summed E-state index contributed by atoms with van der Waals surface area (Å²) in [6, 6.07) is 6.21. The van der Waals surface area contributed by atoms with Crippen LogP contribution in [0.25, 0.3) is 5.95 Å². The SMILES string of the molecule is Cc1nc(C)n(-c2ncc(NC(=O)c3ccccc3SC(F)F)cn2)c1C. The zero-order valence-corrected chi connectivity index (χ0v) is 15.7. The summed E-state index contributed by atoms with van der Waals surface area (Å²) < 4.78 is 27.1. The maximum absolute atomic E-state index is 12.7. The van der Waals surface area contributed by atoms with Crippen LogP contribution in [-0.4, -0.2) is 31.2 Å². The number of hydrogen-bond acceptors (Lipinski definition) is 5. The number of carbonyl (C=O) groups excluding carboxylic acids is 1. The molecule has 1 N–H and O–H groups in total. The normalized spacial score (nSPS) is 11.0. The number of benzene rings is 1. The highest BCUT2D eigenvalue weighted by atomic mass is 32.2. The van der Waals surface area contributed by atoms with Crippen molar-refractivity contribution in [2.45, 2.75) is 31.4 Å². The first-order valence-corrected chi connectivity index (χ1v) is 8.95. The third-order valence-electron chi connectivity index (χ3n) is 3.96. The first kappa shape index (κ1) is 19.0. The number of thioether (sulfide) groups is 1. The summed E-state index contributed by atoms with van der Waals surface area (Å²) in [5, 5.41) is 2.64. The number of rotatable bonds is 5. The van der Waals surface area contributed by atoms with Gasteiger partial charge in [0.1, 0.15) is 5.82 Å². The maximum Gasteiger partial charge on any atom is 0.288 e. The molecule has 0 aliphatic carbocycles. The van der Waals surface area contributed by atoms with Crippen LogP contribution in [0.5, 0.6) is 0 Å². The summed E-state index contributed by atoms with van der Waals surface area (Å²) in [5.41, 5.74) is 2.36. The predicted octanol–water partition coefficient (Wildman–Crippen LogP) is 4.15. The van der Waals surface area contributed by atoms with Crippen molar-refractivity contribution in [3.63, 3.8) is 0 Å². The lowest BCUT2D eigenvalue weighted by Gasteiger charge is -2.10. The molecule has 6 nitrogen and oxygen atoms in total. The topological polar surface area (TPSA) is 72.7 Å². The van der Waals surface area contributed by atoms with Gasteiger partial charge in [-0.15, -0.1) is 0 Å². The Hall–Kier alpha value is -2.81. The number of halogens is 2. The van der Waals surface area contributed by atoms with Gasteiger partial charge in [-0.2, -0.15) is 8.78 Å². The molecule has 0 radical (unpaired) electrons. The van der Waals surface area contributed by atoms with Crippen LogP contribution in [-0.2, 0) is 0 Å². The van der Waals surface area contributed by atoms with Crippen molar-refractivity contribution in [2.75, 3.05) is 5.32 Å². The van der Waals surface area contributed by atoms with Crippen molar-refractivity contribution in [3.05, 3.63) is 59.4 Å². The van der Waals surface area contributed by atoms with Crippen LogP contribution in [0.3, 0.4) is 0 Å². The van der Waals surface area contributed by atoms with E-state index in [0.717, 1.165) is 17.2 Å². The van der Waals surface area contributed by atoms with Gasteiger partial charge in [0.05, 0.1) is 29.3 Å². The monoisotopic (exact) mass is 389 g/mol. The van der Waals surface area contributed by atoms with Gasteiger partial charge in [0.2, 0.25) is 5.95 Å². The molecule has 3 aromatic rings. The minimum absolute atomic E-state index is 0.170. The lowest BCUT2D eigenvalue weighted by atomic mass is 10.2. The minimum Gasteiger partial charge on any atom is -0.319 e. The molecular weight excluding hydrogens is 372 g/mol. The molecule has 0 saturated carbocycles. The minimum atomic E-state index is -2.60. The number of hydrogen-bond donors (Lipinski definition) is 1. The molecule has 1 aromatic carbocycles. The summed E-state index contributed by atoms with van der Waals surface area (Å²) in [6.45, 7) is 5.69. The molecular formula is C18H17F2N5OS. The molecule has 27 heavy (non-hydrogen) atoms. The highest BCUT2D eigenvalue weighted by Crippen LogP contribution is 2.28. The van der Waals surface area contributed by atoms with E-state index in [1.807, 2.05) is 25.3 Å². The molecule has 3 rings (SSSR count). The van der Waals surface area contributed by atoms with E-state index in [4.69, 9.17) is 0 Å². The van der Waals surface area contributed by atoms with Crippen LogP contribution in [0.1, 0.15) is 27.6 Å². The van der Waals surface area contributed by atoms with Gasteiger partial charge in [0.25, 0.3) is 11.7 Å². The fourth-order valence-electron chi connectivity index (χ4n) is 2.63. The summed E-state index contributed by atoms with van der Waals surface area (Å²) in [7, 11) is 0. The standard InChI is InChI=1S/C18H17F2N5OS/c1-10-11(2)25(12(3)23-10)18-21-8-13(9-22-18)24-16(26)14-6-4-5-7-15(14)27-17(19)20/h4-9,17H,1-3H3,(H,24,26). The van der Waals surface area contributed by atoms with Crippen LogP contribution in [0.2, 0.25) is 0 Å². The number of anilines is 1. The van der Waals surface area contributed by atoms with Gasteiger partial charge in [-0.1, -0.05) is 23.9 Å². The van der Waals surface area contributed by atoms with Crippen LogP contribution < -0.4 is 5.32 Å². The van der Waals surface area contributed by atoms with Gasteiger partial charge >= 0.3 is 0 Å². The molecule has 0 spiro atoms. The lowest BCUT2D eigenvalue weighted by molar-refractivity contribution is 0.102. The molecule has 0 bridgehead atoms. The zero-order chi connectivity index (χ0) is 19.6. The number of aryl methyl sites for hydroxylation is 2. The van der Waals surface area contributed by atoms with E-state index in [0.29, 0.717) is 23.4 Å². The summed E-state index contributed by atoms with van der Waals surface area (Å²) >= 11 is 0.333. The number of carbonyl (C=O) groups is 1. The predicted molar refractivity (Wildman–Crippen MR) is 99.6 cm³/mol. The number of alkyl halides is 2. The Morgan fingerprint density at radius 3 is 2.41 bits per heavy atom. The largest absolute Gasteiger partial charge is 0.319 e. The maximum atomic E-state index is 12.7.